The summed E-state index contributed by atoms with van der Waals surface area (Å²) in [6, 6.07) is 19.2. The molecule has 4 rings (SSSR count). The molecule has 0 fully saturated rings. The number of carbonyl (C=O) groups excluding carboxylic acids is 1. The largest absolute Gasteiger partial charge is 0.481 e. The molecule has 0 aliphatic carbocycles. The van der Waals surface area contributed by atoms with E-state index in [1.54, 1.807) is 37.3 Å². The smallest absolute Gasteiger partial charge is 0.265 e. The molecule has 31 heavy (non-hydrogen) atoms. The number of nitrogens with one attached hydrogen (secondary N) is 1. The Kier molecular flexibility index (Phi) is 6.04. The molecule has 0 saturated carbocycles. The molecule has 1 heterocycles. The molecule has 0 spiro atoms. The van der Waals surface area contributed by atoms with E-state index in [4.69, 9.17) is 4.74 Å². The summed E-state index contributed by atoms with van der Waals surface area (Å²) in [5, 5.41) is 5.24. The number of rotatable bonds is 6. The molecule has 0 bridgehead atoms. The van der Waals surface area contributed by atoms with Gasteiger partial charge in [-0.1, -0.05) is 30.3 Å². The third-order valence-corrected chi connectivity index (χ3v) is 5.44. The zero-order valence-corrected chi connectivity index (χ0v) is 17.3. The van der Waals surface area contributed by atoms with Crippen molar-refractivity contribution in [3.63, 3.8) is 0 Å². The van der Waals surface area contributed by atoms with Crippen LogP contribution in [0.1, 0.15) is 6.92 Å². The van der Waals surface area contributed by atoms with Crippen molar-refractivity contribution in [2.24, 2.45) is 0 Å². The van der Waals surface area contributed by atoms with E-state index in [1.807, 2.05) is 17.5 Å². The second kappa shape index (κ2) is 9.06. The van der Waals surface area contributed by atoms with Crippen LogP contribution in [0.15, 0.2) is 78.2 Å². The predicted octanol–water partition coefficient (Wildman–Crippen LogP) is 6.16. The molecular formula is C24H18F2N2O2S. The summed E-state index contributed by atoms with van der Waals surface area (Å²) >= 11 is 1.33. The number of ether oxygens (including phenoxy) is 1. The number of aromatic nitrogens is 1. The van der Waals surface area contributed by atoms with Crippen LogP contribution < -0.4 is 10.1 Å². The fraction of sp³-hybridized carbons (Fsp3) is 0.0833. The fourth-order valence-corrected chi connectivity index (χ4v) is 3.82. The molecule has 0 aliphatic heterocycles. The number of nitrogens with zero attached hydrogens (tertiary/aromatic N) is 1. The Morgan fingerprint density at radius 1 is 0.968 bits per heavy atom. The van der Waals surface area contributed by atoms with Gasteiger partial charge in [0.1, 0.15) is 22.4 Å². The highest BCUT2D eigenvalue weighted by Gasteiger charge is 2.18. The van der Waals surface area contributed by atoms with Crippen LogP contribution in [-0.2, 0) is 4.79 Å². The topological polar surface area (TPSA) is 51.2 Å². The minimum absolute atomic E-state index is 0.336. The van der Waals surface area contributed by atoms with E-state index in [-0.39, 0.29) is 17.5 Å². The highest BCUT2D eigenvalue weighted by molar-refractivity contribution is 7.13. The lowest BCUT2D eigenvalue weighted by molar-refractivity contribution is -0.122. The van der Waals surface area contributed by atoms with Crippen LogP contribution in [0.5, 0.6) is 5.75 Å². The molecule has 7 heteroatoms. The zero-order chi connectivity index (χ0) is 21.8. The molecular weight excluding hydrogens is 418 g/mol. The predicted molar refractivity (Wildman–Crippen MR) is 118 cm³/mol. The van der Waals surface area contributed by atoms with Gasteiger partial charge < -0.3 is 10.1 Å². The van der Waals surface area contributed by atoms with E-state index in [2.05, 4.69) is 10.3 Å². The van der Waals surface area contributed by atoms with Gasteiger partial charge in [0.15, 0.2) is 6.10 Å². The maximum atomic E-state index is 14.1. The second-order valence-electron chi connectivity index (χ2n) is 6.77. The van der Waals surface area contributed by atoms with Gasteiger partial charge in [0.2, 0.25) is 0 Å². The fourth-order valence-electron chi connectivity index (χ4n) is 2.98. The SMILES string of the molecule is CC(Oc1ccc(F)cc1)C(=O)Nc1ccccc1-c1csc(-c2ccccc2F)n1. The molecule has 0 aliphatic rings. The van der Waals surface area contributed by atoms with E-state index in [0.29, 0.717) is 33.3 Å². The maximum Gasteiger partial charge on any atom is 0.265 e. The third kappa shape index (κ3) is 4.78. The van der Waals surface area contributed by atoms with Gasteiger partial charge in [0, 0.05) is 16.5 Å². The first-order valence-electron chi connectivity index (χ1n) is 9.54. The van der Waals surface area contributed by atoms with E-state index in [0.717, 1.165) is 0 Å². The molecule has 156 valence electrons. The number of hydrogen-bond acceptors (Lipinski definition) is 4. The van der Waals surface area contributed by atoms with Crippen molar-refractivity contribution >= 4 is 22.9 Å². The summed E-state index contributed by atoms with van der Waals surface area (Å²) in [4.78, 5) is 17.2. The van der Waals surface area contributed by atoms with Crippen LogP contribution in [0.4, 0.5) is 14.5 Å². The van der Waals surface area contributed by atoms with Crippen LogP contribution in [-0.4, -0.2) is 17.0 Å². The summed E-state index contributed by atoms with van der Waals surface area (Å²) < 4.78 is 32.7. The molecule has 1 unspecified atom stereocenters. The Morgan fingerprint density at radius 3 is 2.39 bits per heavy atom. The van der Waals surface area contributed by atoms with Crippen molar-refractivity contribution in [2.45, 2.75) is 13.0 Å². The summed E-state index contributed by atoms with van der Waals surface area (Å²) in [5.41, 5.74) is 2.34. The Balaban J connectivity index is 1.53. The molecule has 3 aromatic carbocycles. The number of halogens is 2. The number of benzene rings is 3. The van der Waals surface area contributed by atoms with Crippen molar-refractivity contribution in [3.8, 4) is 27.6 Å². The molecule has 1 amide bonds. The third-order valence-electron chi connectivity index (χ3n) is 4.57. The van der Waals surface area contributed by atoms with E-state index in [1.165, 1.54) is 41.7 Å². The van der Waals surface area contributed by atoms with Crippen molar-refractivity contribution in [2.75, 3.05) is 5.32 Å². The van der Waals surface area contributed by atoms with Crippen LogP contribution in [0.2, 0.25) is 0 Å². The molecule has 1 N–H and O–H groups in total. The van der Waals surface area contributed by atoms with E-state index >= 15 is 0 Å². The van der Waals surface area contributed by atoms with E-state index < -0.39 is 6.10 Å². The van der Waals surface area contributed by atoms with Gasteiger partial charge in [-0.25, -0.2) is 13.8 Å². The maximum absolute atomic E-state index is 14.1. The van der Waals surface area contributed by atoms with E-state index in [9.17, 15) is 13.6 Å². The number of anilines is 1. The first kappa shape index (κ1) is 20.7. The minimum atomic E-state index is -0.803. The normalized spacial score (nSPS) is 11.7. The van der Waals surface area contributed by atoms with Gasteiger partial charge in [0.05, 0.1) is 11.4 Å². The lowest BCUT2D eigenvalue weighted by Crippen LogP contribution is -2.30. The monoisotopic (exact) mass is 436 g/mol. The number of amides is 1. The van der Waals surface area contributed by atoms with Crippen LogP contribution >= 0.6 is 11.3 Å². The van der Waals surface area contributed by atoms with Gasteiger partial charge in [-0.2, -0.15) is 0 Å². The second-order valence-corrected chi connectivity index (χ2v) is 7.62. The molecule has 4 aromatic rings. The van der Waals surface area contributed by atoms with Gasteiger partial charge in [-0.3, -0.25) is 4.79 Å². The first-order valence-corrected chi connectivity index (χ1v) is 10.4. The number of thiazole rings is 1. The van der Waals surface area contributed by atoms with Crippen LogP contribution in [0.25, 0.3) is 21.8 Å². The lowest BCUT2D eigenvalue weighted by Gasteiger charge is -2.16. The molecule has 0 saturated heterocycles. The molecule has 1 aromatic heterocycles. The molecule has 1 atom stereocenters. The Hall–Kier alpha value is -3.58. The standard InChI is InChI=1S/C24H18F2N2O2S/c1-15(30-17-12-10-16(25)11-13-17)23(29)27-21-9-5-3-7-19(21)22-14-31-24(28-22)18-6-2-4-8-20(18)26/h2-15H,1H3,(H,27,29). The van der Waals surface area contributed by atoms with Crippen molar-refractivity contribution < 1.29 is 18.3 Å². The van der Waals surface area contributed by atoms with Gasteiger partial charge in [0.25, 0.3) is 5.91 Å². The highest BCUT2D eigenvalue weighted by Crippen LogP contribution is 2.33. The van der Waals surface area contributed by atoms with Gasteiger partial charge >= 0.3 is 0 Å². The average molecular weight is 436 g/mol. The molecule has 0 radical (unpaired) electrons. The summed E-state index contributed by atoms with van der Waals surface area (Å²) in [6.07, 6.45) is -0.803. The number of hydrogen-bond donors (Lipinski definition) is 1. The minimum Gasteiger partial charge on any atom is -0.481 e. The quantitative estimate of drug-likeness (QED) is 0.394. The Morgan fingerprint density at radius 2 is 1.65 bits per heavy atom. The first-order chi connectivity index (χ1) is 15.0. The van der Waals surface area contributed by atoms with Crippen LogP contribution in [0.3, 0.4) is 0 Å². The summed E-state index contributed by atoms with van der Waals surface area (Å²) in [6.45, 7) is 1.61. The lowest BCUT2D eigenvalue weighted by atomic mass is 10.1. The van der Waals surface area contributed by atoms with Crippen LogP contribution in [0, 0.1) is 11.6 Å². The number of para-hydroxylation sites is 1. The Bertz CT molecular complexity index is 1210. The Labute approximate surface area is 182 Å². The number of carbonyl (C=O) groups is 1. The van der Waals surface area contributed by atoms with Crippen molar-refractivity contribution in [1.29, 1.82) is 0 Å². The van der Waals surface area contributed by atoms with Gasteiger partial charge in [-0.15, -0.1) is 11.3 Å². The molecule has 4 nitrogen and oxygen atoms in total. The highest BCUT2D eigenvalue weighted by atomic mass is 32.1. The summed E-state index contributed by atoms with van der Waals surface area (Å²) in [7, 11) is 0. The van der Waals surface area contributed by atoms with Crippen molar-refractivity contribution in [1.82, 2.24) is 4.98 Å². The zero-order valence-electron chi connectivity index (χ0n) is 16.5. The average Bonchev–Trinajstić information content (AvgIpc) is 3.26. The van der Waals surface area contributed by atoms with Crippen molar-refractivity contribution in [3.05, 3.63) is 89.8 Å². The van der Waals surface area contributed by atoms with Gasteiger partial charge in [-0.05, 0) is 49.4 Å². The summed E-state index contributed by atoms with van der Waals surface area (Å²) in [5.74, 6) is -0.680.